The number of furan rings is 1. The summed E-state index contributed by atoms with van der Waals surface area (Å²) in [6.07, 6.45) is 0. The SMILES string of the molecule is O=C(c1ccc(-c2cc3ccccc3o2)cc1)N1CCOCC1. The van der Waals surface area contributed by atoms with Crippen molar-refractivity contribution in [2.75, 3.05) is 26.3 Å². The molecular weight excluding hydrogens is 290 g/mol. The van der Waals surface area contributed by atoms with Crippen LogP contribution in [0.3, 0.4) is 0 Å². The van der Waals surface area contributed by atoms with Gasteiger partial charge in [0.05, 0.1) is 13.2 Å². The molecule has 2 heterocycles. The van der Waals surface area contributed by atoms with Crippen molar-refractivity contribution in [1.82, 2.24) is 4.90 Å². The largest absolute Gasteiger partial charge is 0.456 e. The fourth-order valence-electron chi connectivity index (χ4n) is 2.85. The van der Waals surface area contributed by atoms with E-state index in [2.05, 4.69) is 0 Å². The summed E-state index contributed by atoms with van der Waals surface area (Å²) in [5.74, 6) is 0.876. The lowest BCUT2D eigenvalue weighted by Crippen LogP contribution is -2.40. The molecule has 1 fully saturated rings. The zero-order valence-corrected chi connectivity index (χ0v) is 12.7. The molecule has 4 rings (SSSR count). The summed E-state index contributed by atoms with van der Waals surface area (Å²) in [5.41, 5.74) is 2.54. The summed E-state index contributed by atoms with van der Waals surface area (Å²) in [5, 5.41) is 1.08. The van der Waals surface area contributed by atoms with Crippen molar-refractivity contribution in [1.29, 1.82) is 0 Å². The lowest BCUT2D eigenvalue weighted by Gasteiger charge is -2.26. The monoisotopic (exact) mass is 307 g/mol. The molecule has 1 saturated heterocycles. The van der Waals surface area contributed by atoms with Crippen LogP contribution >= 0.6 is 0 Å². The normalized spacial score (nSPS) is 15.0. The van der Waals surface area contributed by atoms with E-state index in [0.29, 0.717) is 31.9 Å². The number of hydrogen-bond donors (Lipinski definition) is 0. The first-order chi connectivity index (χ1) is 11.3. The highest BCUT2D eigenvalue weighted by atomic mass is 16.5. The van der Waals surface area contributed by atoms with Crippen LogP contribution in [-0.2, 0) is 4.74 Å². The Hall–Kier alpha value is -2.59. The van der Waals surface area contributed by atoms with Crippen LogP contribution in [0.1, 0.15) is 10.4 Å². The van der Waals surface area contributed by atoms with Crippen LogP contribution in [0.5, 0.6) is 0 Å². The maximum absolute atomic E-state index is 12.4. The van der Waals surface area contributed by atoms with Crippen LogP contribution in [0.25, 0.3) is 22.3 Å². The Kier molecular flexibility index (Phi) is 3.60. The molecule has 116 valence electrons. The number of rotatable bonds is 2. The quantitative estimate of drug-likeness (QED) is 0.727. The number of ether oxygens (including phenoxy) is 1. The van der Waals surface area contributed by atoms with Gasteiger partial charge in [0.2, 0.25) is 0 Å². The number of amides is 1. The molecule has 3 aromatic rings. The summed E-state index contributed by atoms with van der Waals surface area (Å²) in [4.78, 5) is 14.3. The van der Waals surface area contributed by atoms with E-state index in [-0.39, 0.29) is 5.91 Å². The predicted octanol–water partition coefficient (Wildman–Crippen LogP) is 3.57. The number of morpholine rings is 1. The van der Waals surface area contributed by atoms with Gasteiger partial charge in [-0.3, -0.25) is 4.79 Å². The van der Waals surface area contributed by atoms with Crippen molar-refractivity contribution in [3.8, 4) is 11.3 Å². The Morgan fingerprint density at radius 1 is 0.957 bits per heavy atom. The minimum atomic E-state index is 0.0597. The second kappa shape index (κ2) is 5.89. The van der Waals surface area contributed by atoms with E-state index in [9.17, 15) is 4.79 Å². The third kappa shape index (κ3) is 2.73. The molecule has 0 atom stereocenters. The first-order valence-corrected chi connectivity index (χ1v) is 7.77. The number of nitrogens with zero attached hydrogens (tertiary/aromatic N) is 1. The lowest BCUT2D eigenvalue weighted by molar-refractivity contribution is 0.0303. The molecule has 23 heavy (non-hydrogen) atoms. The lowest BCUT2D eigenvalue weighted by atomic mass is 10.1. The number of benzene rings is 2. The van der Waals surface area contributed by atoms with E-state index in [4.69, 9.17) is 9.15 Å². The zero-order valence-electron chi connectivity index (χ0n) is 12.7. The van der Waals surface area contributed by atoms with E-state index in [1.54, 1.807) is 0 Å². The summed E-state index contributed by atoms with van der Waals surface area (Å²) in [7, 11) is 0. The van der Waals surface area contributed by atoms with E-state index >= 15 is 0 Å². The zero-order chi connectivity index (χ0) is 15.6. The van der Waals surface area contributed by atoms with Gasteiger partial charge in [0.25, 0.3) is 5.91 Å². The molecular formula is C19H17NO3. The topological polar surface area (TPSA) is 42.7 Å². The van der Waals surface area contributed by atoms with Crippen molar-refractivity contribution in [3.05, 3.63) is 60.2 Å². The number of hydrogen-bond acceptors (Lipinski definition) is 3. The van der Waals surface area contributed by atoms with Crippen molar-refractivity contribution in [2.24, 2.45) is 0 Å². The van der Waals surface area contributed by atoms with Gasteiger partial charge in [-0.25, -0.2) is 0 Å². The van der Waals surface area contributed by atoms with Crippen LogP contribution in [0, 0.1) is 0 Å². The first kappa shape index (κ1) is 14.0. The molecule has 1 aliphatic rings. The highest BCUT2D eigenvalue weighted by Crippen LogP contribution is 2.28. The van der Waals surface area contributed by atoms with E-state index in [1.807, 2.05) is 59.5 Å². The first-order valence-electron chi connectivity index (χ1n) is 7.77. The van der Waals surface area contributed by atoms with Gasteiger partial charge >= 0.3 is 0 Å². The average Bonchev–Trinajstić information content (AvgIpc) is 3.06. The van der Waals surface area contributed by atoms with Crippen LogP contribution in [0.2, 0.25) is 0 Å². The van der Waals surface area contributed by atoms with Gasteiger partial charge in [-0.1, -0.05) is 30.3 Å². The van der Waals surface area contributed by atoms with Gasteiger partial charge in [-0.2, -0.15) is 0 Å². The van der Waals surface area contributed by atoms with Crippen molar-refractivity contribution in [2.45, 2.75) is 0 Å². The third-order valence-corrected chi connectivity index (χ3v) is 4.14. The van der Waals surface area contributed by atoms with Crippen molar-refractivity contribution >= 4 is 16.9 Å². The third-order valence-electron chi connectivity index (χ3n) is 4.14. The predicted molar refractivity (Wildman–Crippen MR) is 88.4 cm³/mol. The highest BCUT2D eigenvalue weighted by Gasteiger charge is 2.18. The summed E-state index contributed by atoms with van der Waals surface area (Å²) in [6, 6.07) is 17.5. The van der Waals surface area contributed by atoms with Gasteiger partial charge < -0.3 is 14.1 Å². The van der Waals surface area contributed by atoms with Gasteiger partial charge in [-0.15, -0.1) is 0 Å². The second-order valence-corrected chi connectivity index (χ2v) is 5.63. The Labute approximate surface area is 134 Å². The number of carbonyl (C=O) groups is 1. The minimum absolute atomic E-state index is 0.0597. The molecule has 0 aliphatic carbocycles. The molecule has 0 N–H and O–H groups in total. The van der Waals surface area contributed by atoms with Crippen molar-refractivity contribution < 1.29 is 13.9 Å². The van der Waals surface area contributed by atoms with Crippen LogP contribution < -0.4 is 0 Å². The van der Waals surface area contributed by atoms with Crippen LogP contribution in [0.4, 0.5) is 0 Å². The van der Waals surface area contributed by atoms with Crippen LogP contribution in [-0.4, -0.2) is 37.1 Å². The number of fused-ring (bicyclic) bond motifs is 1. The molecule has 2 aromatic carbocycles. The Morgan fingerprint density at radius 3 is 2.43 bits per heavy atom. The van der Waals surface area contributed by atoms with E-state index in [0.717, 1.165) is 22.3 Å². The van der Waals surface area contributed by atoms with E-state index in [1.165, 1.54) is 0 Å². The van der Waals surface area contributed by atoms with Crippen molar-refractivity contribution in [3.63, 3.8) is 0 Å². The summed E-state index contributed by atoms with van der Waals surface area (Å²) < 4.78 is 11.1. The van der Waals surface area contributed by atoms with Gasteiger partial charge in [0.15, 0.2) is 0 Å². The Balaban J connectivity index is 1.58. The maximum Gasteiger partial charge on any atom is 0.254 e. The molecule has 0 spiro atoms. The number of para-hydroxylation sites is 1. The molecule has 0 bridgehead atoms. The molecule has 4 heteroatoms. The molecule has 0 unspecified atom stereocenters. The number of carbonyl (C=O) groups excluding carboxylic acids is 1. The molecule has 0 saturated carbocycles. The summed E-state index contributed by atoms with van der Waals surface area (Å²) >= 11 is 0. The molecule has 4 nitrogen and oxygen atoms in total. The van der Waals surface area contributed by atoms with E-state index < -0.39 is 0 Å². The standard InChI is InChI=1S/C19H17NO3/c21-19(20-9-11-22-12-10-20)15-7-5-14(6-8-15)18-13-16-3-1-2-4-17(16)23-18/h1-8,13H,9-12H2. The Morgan fingerprint density at radius 2 is 1.70 bits per heavy atom. The van der Waals surface area contributed by atoms with Gasteiger partial charge in [-0.05, 0) is 24.3 Å². The molecule has 1 amide bonds. The van der Waals surface area contributed by atoms with Gasteiger partial charge in [0, 0.05) is 29.6 Å². The minimum Gasteiger partial charge on any atom is -0.456 e. The van der Waals surface area contributed by atoms with Crippen LogP contribution in [0.15, 0.2) is 59.0 Å². The highest BCUT2D eigenvalue weighted by molar-refractivity contribution is 5.95. The van der Waals surface area contributed by atoms with Gasteiger partial charge in [0.1, 0.15) is 11.3 Å². The summed E-state index contributed by atoms with van der Waals surface area (Å²) in [6.45, 7) is 2.54. The smallest absolute Gasteiger partial charge is 0.254 e. The molecule has 0 radical (unpaired) electrons. The fourth-order valence-corrected chi connectivity index (χ4v) is 2.85. The fraction of sp³-hybridized carbons (Fsp3) is 0.211. The molecule has 1 aromatic heterocycles. The Bertz CT molecular complexity index is 796. The average molecular weight is 307 g/mol. The maximum atomic E-state index is 12.4. The second-order valence-electron chi connectivity index (χ2n) is 5.63. The molecule has 1 aliphatic heterocycles.